The summed E-state index contributed by atoms with van der Waals surface area (Å²) in [5.41, 5.74) is 2.66. The largest absolute Gasteiger partial charge is 0.445 e. The van der Waals surface area contributed by atoms with Gasteiger partial charge in [-0.15, -0.1) is 0 Å². The molecule has 0 aliphatic carbocycles. The van der Waals surface area contributed by atoms with Crippen molar-refractivity contribution in [3.05, 3.63) is 65.7 Å². The van der Waals surface area contributed by atoms with Crippen molar-refractivity contribution in [1.82, 2.24) is 5.32 Å². The van der Waals surface area contributed by atoms with E-state index in [4.69, 9.17) is 4.74 Å². The molecule has 138 valence electrons. The lowest BCUT2D eigenvalue weighted by atomic mass is 9.98. The lowest BCUT2D eigenvalue weighted by molar-refractivity contribution is -0.119. The SMILES string of the molecule is CCC(C)C(NC(=O)OCc1ccccc1)C(=O)Nc1cccc(C)c1. The first kappa shape index (κ1) is 19.5. The number of hydrogen-bond donors (Lipinski definition) is 2. The Hall–Kier alpha value is -2.82. The van der Waals surface area contributed by atoms with Crippen molar-refractivity contribution in [2.75, 3.05) is 5.32 Å². The molecule has 0 aliphatic rings. The predicted molar refractivity (Wildman–Crippen MR) is 103 cm³/mol. The summed E-state index contributed by atoms with van der Waals surface area (Å²) < 4.78 is 5.24. The minimum absolute atomic E-state index is 0.0240. The van der Waals surface area contributed by atoms with Gasteiger partial charge in [-0.05, 0) is 36.1 Å². The molecule has 0 aromatic heterocycles. The van der Waals surface area contributed by atoms with E-state index in [1.54, 1.807) is 0 Å². The molecule has 0 radical (unpaired) electrons. The van der Waals surface area contributed by atoms with E-state index in [1.165, 1.54) is 0 Å². The Morgan fingerprint density at radius 2 is 1.81 bits per heavy atom. The molecule has 2 aromatic rings. The lowest BCUT2D eigenvalue weighted by Gasteiger charge is -2.23. The molecular formula is C21H26N2O3. The first-order chi connectivity index (χ1) is 12.5. The van der Waals surface area contributed by atoms with E-state index < -0.39 is 12.1 Å². The molecule has 0 bridgehead atoms. The molecule has 0 spiro atoms. The summed E-state index contributed by atoms with van der Waals surface area (Å²) in [6.07, 6.45) is 0.156. The van der Waals surface area contributed by atoms with Gasteiger partial charge >= 0.3 is 6.09 Å². The fraction of sp³-hybridized carbons (Fsp3) is 0.333. The van der Waals surface area contributed by atoms with Gasteiger partial charge in [-0.2, -0.15) is 0 Å². The normalized spacial score (nSPS) is 12.7. The Kier molecular flexibility index (Phi) is 7.21. The molecule has 2 atom stereocenters. The average molecular weight is 354 g/mol. The van der Waals surface area contributed by atoms with Gasteiger partial charge in [0, 0.05) is 5.69 Å². The molecule has 2 unspecified atom stereocenters. The smallest absolute Gasteiger partial charge is 0.408 e. The Labute approximate surface area is 154 Å². The van der Waals surface area contributed by atoms with Crippen molar-refractivity contribution in [3.8, 4) is 0 Å². The van der Waals surface area contributed by atoms with Crippen molar-refractivity contribution in [2.24, 2.45) is 5.92 Å². The van der Waals surface area contributed by atoms with Gasteiger partial charge in [-0.1, -0.05) is 62.7 Å². The molecule has 0 saturated carbocycles. The number of carbonyl (C=O) groups excluding carboxylic acids is 2. The van der Waals surface area contributed by atoms with Crippen molar-refractivity contribution in [3.63, 3.8) is 0 Å². The Morgan fingerprint density at radius 3 is 2.46 bits per heavy atom. The van der Waals surface area contributed by atoms with Crippen LogP contribution in [-0.2, 0) is 16.1 Å². The Morgan fingerprint density at radius 1 is 1.08 bits per heavy atom. The average Bonchev–Trinajstić information content (AvgIpc) is 2.64. The van der Waals surface area contributed by atoms with Crippen LogP contribution in [-0.4, -0.2) is 18.0 Å². The fourth-order valence-corrected chi connectivity index (χ4v) is 2.54. The second-order valence-corrected chi connectivity index (χ2v) is 6.43. The summed E-state index contributed by atoms with van der Waals surface area (Å²) in [5.74, 6) is -0.273. The van der Waals surface area contributed by atoms with Gasteiger partial charge in [0.25, 0.3) is 0 Å². The van der Waals surface area contributed by atoms with Crippen LogP contribution >= 0.6 is 0 Å². The summed E-state index contributed by atoms with van der Waals surface area (Å²) in [4.78, 5) is 24.8. The topological polar surface area (TPSA) is 67.4 Å². The summed E-state index contributed by atoms with van der Waals surface area (Å²) >= 11 is 0. The molecule has 0 saturated heterocycles. The highest BCUT2D eigenvalue weighted by Crippen LogP contribution is 2.14. The zero-order valence-electron chi connectivity index (χ0n) is 15.5. The number of benzene rings is 2. The predicted octanol–water partition coefficient (Wildman–Crippen LogP) is 4.27. The van der Waals surface area contributed by atoms with Gasteiger partial charge in [-0.25, -0.2) is 4.79 Å². The van der Waals surface area contributed by atoms with Crippen LogP contribution in [0.1, 0.15) is 31.4 Å². The van der Waals surface area contributed by atoms with Crippen molar-refractivity contribution in [2.45, 2.75) is 39.8 Å². The third-order valence-electron chi connectivity index (χ3n) is 4.27. The van der Waals surface area contributed by atoms with Crippen LogP contribution < -0.4 is 10.6 Å². The summed E-state index contributed by atoms with van der Waals surface area (Å²) in [6, 6.07) is 16.3. The van der Waals surface area contributed by atoms with Crippen LogP contribution in [0.4, 0.5) is 10.5 Å². The van der Waals surface area contributed by atoms with E-state index in [0.29, 0.717) is 5.69 Å². The standard InChI is InChI=1S/C21H26N2O3/c1-4-16(3)19(20(24)22-18-12-8-9-15(2)13-18)23-21(25)26-14-17-10-6-5-7-11-17/h5-13,16,19H,4,14H2,1-3H3,(H,22,24)(H,23,25). The van der Waals surface area contributed by atoms with Gasteiger partial charge in [0.1, 0.15) is 12.6 Å². The van der Waals surface area contributed by atoms with Crippen molar-refractivity contribution in [1.29, 1.82) is 0 Å². The Balaban J connectivity index is 1.97. The molecule has 26 heavy (non-hydrogen) atoms. The van der Waals surface area contributed by atoms with Gasteiger partial charge in [0.2, 0.25) is 5.91 Å². The molecule has 0 aliphatic heterocycles. The van der Waals surface area contributed by atoms with Crippen LogP contribution in [0, 0.1) is 12.8 Å². The van der Waals surface area contributed by atoms with E-state index in [9.17, 15) is 9.59 Å². The van der Waals surface area contributed by atoms with E-state index in [-0.39, 0.29) is 18.4 Å². The highest BCUT2D eigenvalue weighted by Gasteiger charge is 2.26. The van der Waals surface area contributed by atoms with E-state index in [2.05, 4.69) is 10.6 Å². The van der Waals surface area contributed by atoms with Gasteiger partial charge in [0.05, 0.1) is 0 Å². The second-order valence-electron chi connectivity index (χ2n) is 6.43. The molecule has 2 aromatic carbocycles. The monoisotopic (exact) mass is 354 g/mol. The lowest BCUT2D eigenvalue weighted by Crippen LogP contribution is -2.47. The van der Waals surface area contributed by atoms with Crippen LogP contribution in [0.5, 0.6) is 0 Å². The van der Waals surface area contributed by atoms with Crippen LogP contribution in [0.25, 0.3) is 0 Å². The summed E-state index contributed by atoms with van der Waals surface area (Å²) in [7, 11) is 0. The zero-order valence-corrected chi connectivity index (χ0v) is 15.5. The summed E-state index contributed by atoms with van der Waals surface area (Å²) in [6.45, 7) is 6.03. The number of alkyl carbamates (subject to hydrolysis) is 1. The van der Waals surface area contributed by atoms with E-state index in [0.717, 1.165) is 17.5 Å². The minimum atomic E-state index is -0.663. The maximum Gasteiger partial charge on any atom is 0.408 e. The first-order valence-electron chi connectivity index (χ1n) is 8.84. The maximum absolute atomic E-state index is 12.7. The van der Waals surface area contributed by atoms with Crippen molar-refractivity contribution >= 4 is 17.7 Å². The number of nitrogens with one attached hydrogen (secondary N) is 2. The molecule has 5 heteroatoms. The molecule has 2 N–H and O–H groups in total. The number of hydrogen-bond acceptors (Lipinski definition) is 3. The number of carbonyl (C=O) groups is 2. The van der Waals surface area contributed by atoms with E-state index >= 15 is 0 Å². The van der Waals surface area contributed by atoms with Crippen LogP contribution in [0.3, 0.4) is 0 Å². The number of amides is 2. The van der Waals surface area contributed by atoms with Crippen LogP contribution in [0.15, 0.2) is 54.6 Å². The van der Waals surface area contributed by atoms with Gasteiger partial charge in [-0.3, -0.25) is 4.79 Å². The number of aryl methyl sites for hydroxylation is 1. The quantitative estimate of drug-likeness (QED) is 0.780. The molecule has 0 heterocycles. The van der Waals surface area contributed by atoms with Crippen molar-refractivity contribution < 1.29 is 14.3 Å². The highest BCUT2D eigenvalue weighted by atomic mass is 16.5. The maximum atomic E-state index is 12.7. The number of anilines is 1. The third-order valence-corrected chi connectivity index (χ3v) is 4.27. The summed E-state index contributed by atoms with van der Waals surface area (Å²) in [5, 5.41) is 5.57. The molecule has 2 amide bonds. The van der Waals surface area contributed by atoms with E-state index in [1.807, 2.05) is 75.4 Å². The number of rotatable bonds is 7. The molecular weight excluding hydrogens is 328 g/mol. The fourth-order valence-electron chi connectivity index (χ4n) is 2.54. The molecule has 0 fully saturated rings. The second kappa shape index (κ2) is 9.61. The third kappa shape index (κ3) is 5.92. The molecule has 2 rings (SSSR count). The molecule has 5 nitrogen and oxygen atoms in total. The zero-order chi connectivity index (χ0) is 18.9. The number of ether oxygens (including phenoxy) is 1. The van der Waals surface area contributed by atoms with Gasteiger partial charge < -0.3 is 15.4 Å². The highest BCUT2D eigenvalue weighted by molar-refractivity contribution is 5.96. The van der Waals surface area contributed by atoms with Gasteiger partial charge in [0.15, 0.2) is 0 Å². The minimum Gasteiger partial charge on any atom is -0.445 e. The van der Waals surface area contributed by atoms with Crippen LogP contribution in [0.2, 0.25) is 0 Å². The first-order valence-corrected chi connectivity index (χ1v) is 8.84. The Bertz CT molecular complexity index is 731.